The van der Waals surface area contributed by atoms with Gasteiger partial charge in [0.1, 0.15) is 11.9 Å². The van der Waals surface area contributed by atoms with Crippen molar-refractivity contribution in [2.24, 2.45) is 0 Å². The van der Waals surface area contributed by atoms with Crippen LogP contribution in [-0.2, 0) is 9.78 Å². The van der Waals surface area contributed by atoms with Crippen LogP contribution in [0, 0.1) is 6.10 Å². The number of hydrogen-bond donors (Lipinski definition) is 0. The molecule has 0 N–H and O–H groups in total. The first-order chi connectivity index (χ1) is 9.29. The molecule has 0 bridgehead atoms. The normalized spacial score (nSPS) is 15.4. The van der Waals surface area contributed by atoms with E-state index in [0.29, 0.717) is 12.2 Å². The monoisotopic (exact) mass is 263 g/mol. The molecule has 1 aromatic carbocycles. The lowest BCUT2D eigenvalue weighted by Gasteiger charge is -2.08. The summed E-state index contributed by atoms with van der Waals surface area (Å²) >= 11 is 0. The first-order valence-electron chi connectivity index (χ1n) is 6.76. The van der Waals surface area contributed by atoms with E-state index in [1.54, 1.807) is 24.3 Å². The van der Waals surface area contributed by atoms with Crippen molar-refractivity contribution < 1.29 is 19.3 Å². The molecule has 1 fully saturated rings. The predicted octanol–water partition coefficient (Wildman–Crippen LogP) is 3.67. The first kappa shape index (κ1) is 13.9. The Bertz CT molecular complexity index is 393. The Labute approximate surface area is 113 Å². The largest absolute Gasteiger partial charge is 0.494 e. The average Bonchev–Trinajstić information content (AvgIpc) is 2.96. The molecule has 103 valence electrons. The predicted molar refractivity (Wildman–Crippen MR) is 70.4 cm³/mol. The zero-order valence-electron chi connectivity index (χ0n) is 11.2. The molecule has 0 unspecified atom stereocenters. The highest BCUT2D eigenvalue weighted by Gasteiger charge is 2.20. The van der Waals surface area contributed by atoms with Crippen molar-refractivity contribution in [3.05, 3.63) is 35.9 Å². The lowest BCUT2D eigenvalue weighted by molar-refractivity contribution is -0.234. The van der Waals surface area contributed by atoms with Crippen LogP contribution in [-0.4, -0.2) is 12.6 Å². The van der Waals surface area contributed by atoms with Crippen LogP contribution in [0.4, 0.5) is 0 Å². The Hall–Kier alpha value is -1.55. The van der Waals surface area contributed by atoms with Gasteiger partial charge in [-0.1, -0.05) is 19.8 Å². The van der Waals surface area contributed by atoms with Crippen molar-refractivity contribution in [1.29, 1.82) is 0 Å². The van der Waals surface area contributed by atoms with Gasteiger partial charge in [0.2, 0.25) is 0 Å². The topological polar surface area (TPSA) is 44.8 Å². The van der Waals surface area contributed by atoms with Crippen molar-refractivity contribution in [3.8, 4) is 5.75 Å². The van der Waals surface area contributed by atoms with Gasteiger partial charge in [0.05, 0.1) is 12.2 Å². The molecule has 2 rings (SSSR count). The maximum absolute atomic E-state index is 11.7. The lowest BCUT2D eigenvalue weighted by atomic mass is 10.2. The van der Waals surface area contributed by atoms with Crippen LogP contribution in [0.2, 0.25) is 0 Å². The van der Waals surface area contributed by atoms with Crippen molar-refractivity contribution in [2.75, 3.05) is 6.61 Å². The number of ether oxygens (including phenoxy) is 1. The molecule has 4 nitrogen and oxygen atoms in total. The van der Waals surface area contributed by atoms with Crippen LogP contribution in [0.1, 0.15) is 49.4 Å². The van der Waals surface area contributed by atoms with Gasteiger partial charge in [0.25, 0.3) is 0 Å². The fraction of sp³-hybridized carbons (Fsp3) is 0.467. The Morgan fingerprint density at radius 1 is 1.16 bits per heavy atom. The molecule has 1 aromatic rings. The molecular formula is C15H19O4. The molecule has 0 spiro atoms. The summed E-state index contributed by atoms with van der Waals surface area (Å²) in [5.74, 6) is 0.283. The molecule has 1 aliphatic carbocycles. The third-order valence-corrected chi connectivity index (χ3v) is 2.96. The molecule has 1 radical (unpaired) electrons. The van der Waals surface area contributed by atoms with Crippen molar-refractivity contribution in [3.63, 3.8) is 0 Å². The fourth-order valence-corrected chi connectivity index (χ4v) is 1.90. The fourth-order valence-electron chi connectivity index (χ4n) is 1.90. The van der Waals surface area contributed by atoms with Gasteiger partial charge in [-0.3, -0.25) is 4.89 Å². The second kappa shape index (κ2) is 7.14. The Morgan fingerprint density at radius 3 is 2.47 bits per heavy atom. The van der Waals surface area contributed by atoms with E-state index in [1.165, 1.54) is 0 Å². The van der Waals surface area contributed by atoms with Crippen LogP contribution in [0.25, 0.3) is 0 Å². The quantitative estimate of drug-likeness (QED) is 0.580. The number of rotatable bonds is 6. The van der Waals surface area contributed by atoms with Crippen molar-refractivity contribution in [2.45, 2.75) is 39.0 Å². The van der Waals surface area contributed by atoms with Gasteiger partial charge in [-0.15, -0.1) is 0 Å². The van der Waals surface area contributed by atoms with E-state index in [-0.39, 0.29) is 0 Å². The van der Waals surface area contributed by atoms with Gasteiger partial charge in [-0.25, -0.2) is 4.79 Å². The maximum Gasteiger partial charge on any atom is 0.373 e. The summed E-state index contributed by atoms with van der Waals surface area (Å²) in [6.45, 7) is 2.72. The number of hydrogen-bond acceptors (Lipinski definition) is 4. The van der Waals surface area contributed by atoms with Crippen molar-refractivity contribution in [1.82, 2.24) is 0 Å². The average molecular weight is 263 g/mol. The van der Waals surface area contributed by atoms with E-state index < -0.39 is 5.97 Å². The third-order valence-electron chi connectivity index (χ3n) is 2.96. The molecule has 0 atom stereocenters. The van der Waals surface area contributed by atoms with Gasteiger partial charge in [-0.2, -0.15) is 4.89 Å². The summed E-state index contributed by atoms with van der Waals surface area (Å²) in [4.78, 5) is 21.6. The van der Waals surface area contributed by atoms with Crippen LogP contribution in [0.3, 0.4) is 0 Å². The van der Waals surface area contributed by atoms with E-state index in [1.807, 2.05) is 6.92 Å². The number of benzene rings is 1. The standard InChI is InChI=1S/C15H19O4/c1-2-11-17-13-9-7-12(8-10-13)15(16)19-18-14-5-3-4-6-14/h7-10H,2-6,11H2,1H3. The molecule has 0 amide bonds. The van der Waals surface area contributed by atoms with Crippen LogP contribution in [0.5, 0.6) is 5.75 Å². The minimum atomic E-state index is -0.471. The molecule has 4 heteroatoms. The van der Waals surface area contributed by atoms with Crippen molar-refractivity contribution >= 4 is 5.97 Å². The van der Waals surface area contributed by atoms with Gasteiger partial charge < -0.3 is 4.74 Å². The molecule has 1 aliphatic rings. The third kappa shape index (κ3) is 4.24. The molecule has 0 aliphatic heterocycles. The van der Waals surface area contributed by atoms with Crippen LogP contribution >= 0.6 is 0 Å². The van der Waals surface area contributed by atoms with E-state index in [2.05, 4.69) is 0 Å². The summed E-state index contributed by atoms with van der Waals surface area (Å²) in [5, 5.41) is 0. The zero-order valence-corrected chi connectivity index (χ0v) is 11.2. The maximum atomic E-state index is 11.7. The molecule has 19 heavy (non-hydrogen) atoms. The zero-order chi connectivity index (χ0) is 13.5. The second-order valence-corrected chi connectivity index (χ2v) is 4.57. The summed E-state index contributed by atoms with van der Waals surface area (Å²) in [7, 11) is 0. The molecule has 0 saturated heterocycles. The van der Waals surface area contributed by atoms with E-state index in [4.69, 9.17) is 14.5 Å². The van der Waals surface area contributed by atoms with E-state index in [0.717, 1.165) is 44.0 Å². The molecule has 0 aromatic heterocycles. The molecule has 1 saturated carbocycles. The smallest absolute Gasteiger partial charge is 0.373 e. The van der Waals surface area contributed by atoms with Gasteiger partial charge in [-0.05, 0) is 43.5 Å². The molecule has 0 heterocycles. The number of carbonyl (C=O) groups is 1. The van der Waals surface area contributed by atoms with Crippen LogP contribution in [0.15, 0.2) is 24.3 Å². The Kier molecular flexibility index (Phi) is 5.21. The highest BCUT2D eigenvalue weighted by Crippen LogP contribution is 2.28. The first-order valence-corrected chi connectivity index (χ1v) is 6.76. The van der Waals surface area contributed by atoms with Gasteiger partial charge in [0, 0.05) is 0 Å². The Balaban J connectivity index is 1.81. The SMILES string of the molecule is CCCOc1ccc(C(=O)OO[C]2CCCC2)cc1. The Morgan fingerprint density at radius 2 is 1.84 bits per heavy atom. The van der Waals surface area contributed by atoms with Gasteiger partial charge >= 0.3 is 5.97 Å². The lowest BCUT2D eigenvalue weighted by Crippen LogP contribution is -2.08. The minimum absolute atomic E-state index is 0.461. The summed E-state index contributed by atoms with van der Waals surface area (Å²) in [6, 6.07) is 6.87. The summed E-state index contributed by atoms with van der Waals surface area (Å²) < 4.78 is 5.44. The second-order valence-electron chi connectivity index (χ2n) is 4.57. The van der Waals surface area contributed by atoms with Gasteiger partial charge in [0.15, 0.2) is 0 Å². The summed E-state index contributed by atoms with van der Waals surface area (Å²) in [5.41, 5.74) is 0.461. The molecular weight excluding hydrogens is 244 g/mol. The van der Waals surface area contributed by atoms with E-state index in [9.17, 15) is 4.79 Å². The summed E-state index contributed by atoms with van der Waals surface area (Å²) in [6.07, 6.45) is 5.80. The van der Waals surface area contributed by atoms with Crippen LogP contribution < -0.4 is 4.74 Å². The highest BCUT2D eigenvalue weighted by molar-refractivity contribution is 5.89. The minimum Gasteiger partial charge on any atom is -0.494 e. The number of carbonyl (C=O) groups excluding carboxylic acids is 1. The van der Waals surface area contributed by atoms with E-state index >= 15 is 0 Å². The highest BCUT2D eigenvalue weighted by atomic mass is 17.2.